The lowest BCUT2D eigenvalue weighted by atomic mass is 10.1. The normalized spacial score (nSPS) is 16.0. The summed E-state index contributed by atoms with van der Waals surface area (Å²) in [5, 5.41) is 13.8. The monoisotopic (exact) mass is 463 g/mol. The van der Waals surface area contributed by atoms with Gasteiger partial charge in [0.25, 0.3) is 0 Å². The number of halogens is 3. The lowest BCUT2D eigenvalue weighted by Gasteiger charge is -2.34. The molecule has 2 N–H and O–H groups in total. The predicted molar refractivity (Wildman–Crippen MR) is 115 cm³/mol. The van der Waals surface area contributed by atoms with E-state index in [4.69, 9.17) is 0 Å². The first-order valence-corrected chi connectivity index (χ1v) is 10.3. The molecule has 33 heavy (non-hydrogen) atoms. The number of carbonyl (C=O) groups is 1. The van der Waals surface area contributed by atoms with Gasteiger partial charge in [0.2, 0.25) is 11.9 Å². The van der Waals surface area contributed by atoms with Crippen LogP contribution in [0.3, 0.4) is 0 Å². The van der Waals surface area contributed by atoms with E-state index < -0.39 is 11.9 Å². The predicted octanol–water partition coefficient (Wildman–Crippen LogP) is 2.56. The van der Waals surface area contributed by atoms with Crippen LogP contribution in [0.5, 0.6) is 0 Å². The molecule has 0 aliphatic carbocycles. The highest BCUT2D eigenvalue weighted by molar-refractivity contribution is 6.03. The fraction of sp³-hybridized carbons (Fsp3) is 0.450. The largest absolute Gasteiger partial charge is 0.435 e. The van der Waals surface area contributed by atoms with E-state index in [-0.39, 0.29) is 18.5 Å². The van der Waals surface area contributed by atoms with Crippen LogP contribution in [0.15, 0.2) is 18.5 Å². The first kappa shape index (κ1) is 22.6. The smallest absolute Gasteiger partial charge is 0.350 e. The highest BCUT2D eigenvalue weighted by Crippen LogP contribution is 2.33. The molecule has 0 spiro atoms. The van der Waals surface area contributed by atoms with Gasteiger partial charge in [-0.1, -0.05) is 6.92 Å². The number of likely N-dealkylation sites (N-methyl/N-ethyl adjacent to an activating group) is 1. The Labute approximate surface area is 187 Å². The van der Waals surface area contributed by atoms with E-state index in [1.54, 1.807) is 24.0 Å². The van der Waals surface area contributed by atoms with Gasteiger partial charge in [-0.25, -0.2) is 4.98 Å². The molecule has 3 aromatic heterocycles. The van der Waals surface area contributed by atoms with Crippen molar-refractivity contribution in [2.75, 3.05) is 22.6 Å². The van der Waals surface area contributed by atoms with Crippen molar-refractivity contribution in [2.45, 2.75) is 45.6 Å². The van der Waals surface area contributed by atoms with Crippen LogP contribution in [0.25, 0.3) is 0 Å². The molecular formula is C20H24F3N9O. The van der Waals surface area contributed by atoms with Crippen molar-refractivity contribution < 1.29 is 18.0 Å². The number of nitrogens with zero attached hydrogens (tertiary/aromatic N) is 7. The minimum atomic E-state index is -4.49. The quantitative estimate of drug-likeness (QED) is 0.579. The number of aryl methyl sites for hydroxylation is 2. The van der Waals surface area contributed by atoms with Gasteiger partial charge in [0.05, 0.1) is 24.1 Å². The Hall–Kier alpha value is -3.64. The molecule has 0 bridgehead atoms. The third-order valence-corrected chi connectivity index (χ3v) is 5.54. The maximum absolute atomic E-state index is 12.9. The van der Waals surface area contributed by atoms with E-state index in [2.05, 4.69) is 30.8 Å². The summed E-state index contributed by atoms with van der Waals surface area (Å²) < 4.78 is 41.3. The van der Waals surface area contributed by atoms with Crippen molar-refractivity contribution in [3.8, 4) is 0 Å². The number of nitrogens with one attached hydrogen (secondary N) is 2. The van der Waals surface area contributed by atoms with Crippen LogP contribution in [-0.4, -0.2) is 48.5 Å². The van der Waals surface area contributed by atoms with E-state index >= 15 is 0 Å². The molecule has 4 heterocycles. The molecule has 1 aliphatic heterocycles. The SMILES string of the molecule is CC[C@H]1C(=O)Nc2c(C)nc(NCc3cnn(Cc4cc(C(F)(F)F)nn4C)c3)nc2N1C. The Morgan fingerprint density at radius 1 is 1.24 bits per heavy atom. The molecule has 0 saturated heterocycles. The van der Waals surface area contributed by atoms with Gasteiger partial charge in [0.15, 0.2) is 11.5 Å². The molecule has 176 valence electrons. The Morgan fingerprint density at radius 2 is 2.00 bits per heavy atom. The number of anilines is 3. The Kier molecular flexibility index (Phi) is 5.72. The summed E-state index contributed by atoms with van der Waals surface area (Å²) in [5.41, 5.74) is 1.50. The zero-order valence-electron chi connectivity index (χ0n) is 18.6. The fourth-order valence-corrected chi connectivity index (χ4v) is 3.75. The molecule has 1 atom stereocenters. The van der Waals surface area contributed by atoms with Gasteiger partial charge < -0.3 is 15.5 Å². The molecule has 10 nitrogen and oxygen atoms in total. The van der Waals surface area contributed by atoms with Crippen molar-refractivity contribution in [3.63, 3.8) is 0 Å². The Balaban J connectivity index is 1.45. The standard InChI is InChI=1S/C20H24F3N9O/c1-5-14-18(33)27-16-11(2)26-19(28-17(16)30(14)3)24-7-12-8-25-32(9-12)10-13-6-15(20(21,22)23)29-31(13)4/h6,8-9,14H,5,7,10H2,1-4H3,(H,27,33)(H,24,26,28)/t14-/m0/s1. The molecule has 13 heteroatoms. The van der Waals surface area contributed by atoms with Crippen LogP contribution in [0, 0.1) is 6.92 Å². The molecule has 1 amide bonds. The summed E-state index contributed by atoms with van der Waals surface area (Å²) >= 11 is 0. The summed E-state index contributed by atoms with van der Waals surface area (Å²) in [5.74, 6) is 0.963. The molecule has 0 fully saturated rings. The van der Waals surface area contributed by atoms with Crippen molar-refractivity contribution in [2.24, 2.45) is 7.05 Å². The van der Waals surface area contributed by atoms with Crippen LogP contribution in [0.1, 0.15) is 36.0 Å². The number of aromatic nitrogens is 6. The van der Waals surface area contributed by atoms with Crippen molar-refractivity contribution in [3.05, 3.63) is 41.1 Å². The molecule has 0 radical (unpaired) electrons. The molecule has 3 aromatic rings. The lowest BCUT2D eigenvalue weighted by Crippen LogP contribution is -2.46. The summed E-state index contributed by atoms with van der Waals surface area (Å²) in [6, 6.07) is 0.713. The van der Waals surface area contributed by atoms with Crippen LogP contribution < -0.4 is 15.5 Å². The second-order valence-corrected chi connectivity index (χ2v) is 7.90. The minimum absolute atomic E-state index is 0.0805. The Morgan fingerprint density at radius 3 is 2.67 bits per heavy atom. The highest BCUT2D eigenvalue weighted by Gasteiger charge is 2.34. The number of hydrogen-bond acceptors (Lipinski definition) is 7. The zero-order valence-corrected chi connectivity index (χ0v) is 18.6. The first-order valence-electron chi connectivity index (χ1n) is 10.3. The average Bonchev–Trinajstić information content (AvgIpc) is 3.34. The second kappa shape index (κ2) is 8.37. The number of amides is 1. The zero-order chi connectivity index (χ0) is 23.9. The van der Waals surface area contributed by atoms with Gasteiger partial charge in [-0.2, -0.15) is 28.4 Å². The first-order chi connectivity index (χ1) is 15.6. The molecule has 4 rings (SSSR count). The highest BCUT2D eigenvalue weighted by atomic mass is 19.4. The van der Waals surface area contributed by atoms with Gasteiger partial charge in [0.1, 0.15) is 11.7 Å². The third-order valence-electron chi connectivity index (χ3n) is 5.54. The van der Waals surface area contributed by atoms with Gasteiger partial charge in [-0.3, -0.25) is 14.2 Å². The van der Waals surface area contributed by atoms with Crippen molar-refractivity contribution in [1.82, 2.24) is 29.5 Å². The van der Waals surface area contributed by atoms with E-state index in [1.807, 2.05) is 18.9 Å². The summed E-state index contributed by atoms with van der Waals surface area (Å²) in [4.78, 5) is 23.1. The van der Waals surface area contributed by atoms with Crippen molar-refractivity contribution >= 4 is 23.4 Å². The van der Waals surface area contributed by atoms with E-state index in [0.717, 1.165) is 11.6 Å². The van der Waals surface area contributed by atoms with Crippen LogP contribution in [0.2, 0.25) is 0 Å². The summed E-state index contributed by atoms with van der Waals surface area (Å²) in [6.07, 6.45) is -0.485. The second-order valence-electron chi connectivity index (χ2n) is 7.90. The van der Waals surface area contributed by atoms with Crippen molar-refractivity contribution in [1.29, 1.82) is 0 Å². The van der Waals surface area contributed by atoms with Crippen LogP contribution in [0.4, 0.5) is 30.6 Å². The number of alkyl halides is 3. The molecule has 0 unspecified atom stereocenters. The topological polar surface area (TPSA) is 106 Å². The van der Waals surface area contributed by atoms with E-state index in [9.17, 15) is 18.0 Å². The molecule has 0 aromatic carbocycles. The lowest BCUT2D eigenvalue weighted by molar-refractivity contribution is -0.141. The van der Waals surface area contributed by atoms with E-state index in [0.29, 0.717) is 41.8 Å². The maximum Gasteiger partial charge on any atom is 0.435 e. The van der Waals surface area contributed by atoms with Crippen LogP contribution in [-0.2, 0) is 31.1 Å². The number of carbonyl (C=O) groups excluding carboxylic acids is 1. The molecule has 1 aliphatic rings. The molecular weight excluding hydrogens is 439 g/mol. The Bertz CT molecular complexity index is 1180. The number of rotatable bonds is 6. The molecule has 0 saturated carbocycles. The van der Waals surface area contributed by atoms with Gasteiger partial charge in [0, 0.05) is 32.4 Å². The fourth-order valence-electron chi connectivity index (χ4n) is 3.75. The van der Waals surface area contributed by atoms with Crippen LogP contribution >= 0.6 is 0 Å². The van der Waals surface area contributed by atoms with Gasteiger partial charge in [-0.05, 0) is 19.4 Å². The minimum Gasteiger partial charge on any atom is -0.350 e. The summed E-state index contributed by atoms with van der Waals surface area (Å²) in [6.45, 7) is 4.25. The van der Waals surface area contributed by atoms with E-state index in [1.165, 1.54) is 11.7 Å². The van der Waals surface area contributed by atoms with Gasteiger partial charge in [-0.15, -0.1) is 0 Å². The summed E-state index contributed by atoms with van der Waals surface area (Å²) in [7, 11) is 3.30. The third kappa shape index (κ3) is 4.47. The van der Waals surface area contributed by atoms with Gasteiger partial charge >= 0.3 is 6.18 Å². The number of hydrogen-bond donors (Lipinski definition) is 2. The maximum atomic E-state index is 12.9. The number of fused-ring (bicyclic) bond motifs is 1. The average molecular weight is 463 g/mol.